The Morgan fingerprint density at radius 1 is 1.32 bits per heavy atom. The number of aromatic nitrogens is 2. The fourth-order valence-corrected chi connectivity index (χ4v) is 2.08. The molecule has 100 valence electrons. The van der Waals surface area contributed by atoms with Crippen LogP contribution in [0.5, 0.6) is 0 Å². The average Bonchev–Trinajstić information content (AvgIpc) is 2.68. The van der Waals surface area contributed by atoms with Crippen molar-refractivity contribution in [2.24, 2.45) is 0 Å². The van der Waals surface area contributed by atoms with E-state index in [0.717, 1.165) is 17.0 Å². The Labute approximate surface area is 113 Å². The summed E-state index contributed by atoms with van der Waals surface area (Å²) in [5.74, 6) is -0.0254. The SMILES string of the molecule is Cc1cc(C)n(CC(=O)NC(C)c2ccccc2)n1. The van der Waals surface area contributed by atoms with Crippen molar-refractivity contribution in [3.05, 3.63) is 53.3 Å². The molecule has 1 N–H and O–H groups in total. The summed E-state index contributed by atoms with van der Waals surface area (Å²) < 4.78 is 1.72. The summed E-state index contributed by atoms with van der Waals surface area (Å²) in [7, 11) is 0. The minimum absolute atomic E-state index is 0.00525. The van der Waals surface area contributed by atoms with Gasteiger partial charge < -0.3 is 5.32 Å². The Morgan fingerprint density at radius 3 is 2.58 bits per heavy atom. The second-order valence-corrected chi connectivity index (χ2v) is 4.78. The van der Waals surface area contributed by atoms with Crippen molar-refractivity contribution in [2.75, 3.05) is 0 Å². The van der Waals surface area contributed by atoms with E-state index in [4.69, 9.17) is 0 Å². The minimum atomic E-state index is -0.0254. The molecule has 0 spiro atoms. The lowest BCUT2D eigenvalue weighted by molar-refractivity contribution is -0.122. The van der Waals surface area contributed by atoms with E-state index < -0.39 is 0 Å². The van der Waals surface area contributed by atoms with Gasteiger partial charge in [0.2, 0.25) is 5.91 Å². The Kier molecular flexibility index (Phi) is 4.00. The van der Waals surface area contributed by atoms with E-state index in [2.05, 4.69) is 10.4 Å². The summed E-state index contributed by atoms with van der Waals surface area (Å²) in [6.45, 7) is 6.12. The highest BCUT2D eigenvalue weighted by Crippen LogP contribution is 2.11. The molecular formula is C15H19N3O. The van der Waals surface area contributed by atoms with Gasteiger partial charge in [-0.25, -0.2) is 0 Å². The van der Waals surface area contributed by atoms with Crippen LogP contribution in [0.2, 0.25) is 0 Å². The van der Waals surface area contributed by atoms with Crippen molar-refractivity contribution in [2.45, 2.75) is 33.4 Å². The van der Waals surface area contributed by atoms with Gasteiger partial charge in [0.15, 0.2) is 0 Å². The highest BCUT2D eigenvalue weighted by molar-refractivity contribution is 5.76. The zero-order chi connectivity index (χ0) is 13.8. The number of carbonyl (C=O) groups excluding carboxylic acids is 1. The van der Waals surface area contributed by atoms with Gasteiger partial charge in [0.05, 0.1) is 11.7 Å². The van der Waals surface area contributed by atoms with E-state index in [-0.39, 0.29) is 18.5 Å². The molecule has 1 aromatic carbocycles. The predicted molar refractivity (Wildman–Crippen MR) is 74.7 cm³/mol. The summed E-state index contributed by atoms with van der Waals surface area (Å²) in [5, 5.41) is 7.27. The lowest BCUT2D eigenvalue weighted by Crippen LogP contribution is -2.30. The maximum absolute atomic E-state index is 12.0. The van der Waals surface area contributed by atoms with Crippen LogP contribution in [-0.4, -0.2) is 15.7 Å². The molecule has 19 heavy (non-hydrogen) atoms. The maximum Gasteiger partial charge on any atom is 0.242 e. The fourth-order valence-electron chi connectivity index (χ4n) is 2.08. The topological polar surface area (TPSA) is 46.9 Å². The molecule has 0 aliphatic rings. The highest BCUT2D eigenvalue weighted by atomic mass is 16.2. The molecule has 2 aromatic rings. The fraction of sp³-hybridized carbons (Fsp3) is 0.333. The van der Waals surface area contributed by atoms with E-state index in [1.807, 2.05) is 57.2 Å². The first-order valence-corrected chi connectivity index (χ1v) is 6.41. The molecule has 0 aliphatic heterocycles. The molecule has 1 heterocycles. The number of amides is 1. The van der Waals surface area contributed by atoms with Crippen LogP contribution in [0, 0.1) is 13.8 Å². The average molecular weight is 257 g/mol. The van der Waals surface area contributed by atoms with Crippen LogP contribution in [0.1, 0.15) is 29.9 Å². The van der Waals surface area contributed by atoms with Gasteiger partial charge in [0.25, 0.3) is 0 Å². The largest absolute Gasteiger partial charge is 0.348 e. The van der Waals surface area contributed by atoms with Crippen molar-refractivity contribution in [3.63, 3.8) is 0 Å². The van der Waals surface area contributed by atoms with E-state index >= 15 is 0 Å². The molecule has 4 nitrogen and oxygen atoms in total. The van der Waals surface area contributed by atoms with Gasteiger partial charge in [-0.3, -0.25) is 9.48 Å². The van der Waals surface area contributed by atoms with Crippen LogP contribution in [0.3, 0.4) is 0 Å². The smallest absolute Gasteiger partial charge is 0.242 e. The normalized spacial score (nSPS) is 12.2. The van der Waals surface area contributed by atoms with Gasteiger partial charge in [-0.1, -0.05) is 30.3 Å². The van der Waals surface area contributed by atoms with Gasteiger partial charge in [0.1, 0.15) is 6.54 Å². The molecule has 0 saturated heterocycles. The summed E-state index contributed by atoms with van der Waals surface area (Å²) >= 11 is 0. The maximum atomic E-state index is 12.0. The molecule has 1 atom stereocenters. The Hall–Kier alpha value is -2.10. The molecule has 1 aromatic heterocycles. The zero-order valence-electron chi connectivity index (χ0n) is 11.6. The third-order valence-electron chi connectivity index (χ3n) is 3.07. The molecular weight excluding hydrogens is 238 g/mol. The monoisotopic (exact) mass is 257 g/mol. The Bertz CT molecular complexity index is 560. The number of benzene rings is 1. The molecule has 2 rings (SSSR count). The number of hydrogen-bond donors (Lipinski definition) is 1. The summed E-state index contributed by atoms with van der Waals surface area (Å²) in [6, 6.07) is 11.9. The van der Waals surface area contributed by atoms with Crippen LogP contribution >= 0.6 is 0 Å². The van der Waals surface area contributed by atoms with Gasteiger partial charge >= 0.3 is 0 Å². The van der Waals surface area contributed by atoms with Crippen LogP contribution < -0.4 is 5.32 Å². The van der Waals surface area contributed by atoms with Crippen molar-refractivity contribution in [3.8, 4) is 0 Å². The second-order valence-electron chi connectivity index (χ2n) is 4.78. The van der Waals surface area contributed by atoms with Gasteiger partial charge in [-0.05, 0) is 32.4 Å². The van der Waals surface area contributed by atoms with Crippen LogP contribution in [0.25, 0.3) is 0 Å². The summed E-state index contributed by atoms with van der Waals surface area (Å²) in [4.78, 5) is 12.0. The third kappa shape index (κ3) is 3.44. The molecule has 0 radical (unpaired) electrons. The number of aryl methyl sites for hydroxylation is 2. The number of carbonyl (C=O) groups is 1. The molecule has 0 aliphatic carbocycles. The van der Waals surface area contributed by atoms with E-state index in [0.29, 0.717) is 0 Å². The number of hydrogen-bond acceptors (Lipinski definition) is 2. The summed E-state index contributed by atoms with van der Waals surface area (Å²) in [6.07, 6.45) is 0. The van der Waals surface area contributed by atoms with Crippen LogP contribution in [0.4, 0.5) is 0 Å². The molecule has 0 bridgehead atoms. The number of nitrogens with zero attached hydrogens (tertiary/aromatic N) is 2. The minimum Gasteiger partial charge on any atom is -0.348 e. The predicted octanol–water partition coefficient (Wildman–Crippen LogP) is 2.38. The molecule has 1 amide bonds. The Morgan fingerprint density at radius 2 is 2.00 bits per heavy atom. The van der Waals surface area contributed by atoms with Crippen molar-refractivity contribution < 1.29 is 4.79 Å². The molecule has 0 saturated carbocycles. The van der Waals surface area contributed by atoms with Crippen molar-refractivity contribution in [1.82, 2.24) is 15.1 Å². The van der Waals surface area contributed by atoms with E-state index in [1.165, 1.54) is 0 Å². The number of rotatable bonds is 4. The Balaban J connectivity index is 1.96. The van der Waals surface area contributed by atoms with Gasteiger partial charge in [0, 0.05) is 5.69 Å². The summed E-state index contributed by atoms with van der Waals surface area (Å²) in [5.41, 5.74) is 3.03. The second kappa shape index (κ2) is 5.69. The quantitative estimate of drug-likeness (QED) is 0.914. The molecule has 0 fully saturated rings. The van der Waals surface area contributed by atoms with Crippen LogP contribution in [0.15, 0.2) is 36.4 Å². The first-order chi connectivity index (χ1) is 9.06. The zero-order valence-corrected chi connectivity index (χ0v) is 11.6. The third-order valence-corrected chi connectivity index (χ3v) is 3.07. The number of nitrogens with one attached hydrogen (secondary N) is 1. The highest BCUT2D eigenvalue weighted by Gasteiger charge is 2.11. The lowest BCUT2D eigenvalue weighted by atomic mass is 10.1. The van der Waals surface area contributed by atoms with Gasteiger partial charge in [-0.15, -0.1) is 0 Å². The lowest BCUT2D eigenvalue weighted by Gasteiger charge is -2.14. The standard InChI is InChI=1S/C15H19N3O/c1-11-9-12(2)18(17-11)10-15(19)16-13(3)14-7-5-4-6-8-14/h4-9,13H,10H2,1-3H3,(H,16,19). The van der Waals surface area contributed by atoms with Crippen molar-refractivity contribution in [1.29, 1.82) is 0 Å². The van der Waals surface area contributed by atoms with E-state index in [9.17, 15) is 4.79 Å². The first kappa shape index (κ1) is 13.3. The molecule has 1 unspecified atom stereocenters. The van der Waals surface area contributed by atoms with E-state index in [1.54, 1.807) is 4.68 Å². The van der Waals surface area contributed by atoms with Crippen molar-refractivity contribution >= 4 is 5.91 Å². The molecule has 4 heteroatoms. The van der Waals surface area contributed by atoms with Gasteiger partial charge in [-0.2, -0.15) is 5.10 Å². The van der Waals surface area contributed by atoms with Crippen LogP contribution in [-0.2, 0) is 11.3 Å². The first-order valence-electron chi connectivity index (χ1n) is 6.41.